The van der Waals surface area contributed by atoms with Crippen LogP contribution in [-0.4, -0.2) is 44.7 Å². The van der Waals surface area contributed by atoms with Gasteiger partial charge >= 0.3 is 6.03 Å². The Morgan fingerprint density at radius 1 is 0.840 bits per heavy atom. The molecule has 0 aliphatic carbocycles. The summed E-state index contributed by atoms with van der Waals surface area (Å²) in [7, 11) is 0. The molecule has 4 N–H and O–H groups in total. The number of hydrogen-bond donors (Lipinski definition) is 4. The fourth-order valence-electron chi connectivity index (χ4n) is 6.50. The van der Waals surface area contributed by atoms with Gasteiger partial charge in [-0.3, -0.25) is 10.1 Å². The van der Waals surface area contributed by atoms with Gasteiger partial charge in [0.1, 0.15) is 5.82 Å². The summed E-state index contributed by atoms with van der Waals surface area (Å²) < 4.78 is 1.76. The second kappa shape index (κ2) is 14.6. The first-order valence-corrected chi connectivity index (χ1v) is 17.2. The molecule has 10 heteroatoms. The number of nitrogens with zero attached hydrogens (tertiary/aromatic N) is 4. The molecular weight excluding hydrogens is 624 g/mol. The molecule has 10 nitrogen and oxygen atoms in total. The van der Waals surface area contributed by atoms with E-state index in [4.69, 9.17) is 5.10 Å². The van der Waals surface area contributed by atoms with Crippen LogP contribution in [0.4, 0.5) is 27.9 Å². The minimum absolute atomic E-state index is 0.0164. The molecule has 0 saturated carbocycles. The highest BCUT2D eigenvalue weighted by atomic mass is 16.2. The molecule has 1 unspecified atom stereocenters. The van der Waals surface area contributed by atoms with Crippen LogP contribution in [0, 0.1) is 26.7 Å². The van der Waals surface area contributed by atoms with Gasteiger partial charge in [-0.2, -0.15) is 5.10 Å². The van der Waals surface area contributed by atoms with Crippen molar-refractivity contribution in [3.8, 4) is 5.69 Å². The molecule has 3 aromatic carbocycles. The van der Waals surface area contributed by atoms with Crippen LogP contribution >= 0.6 is 0 Å². The quantitative estimate of drug-likeness (QED) is 0.116. The van der Waals surface area contributed by atoms with Crippen LogP contribution in [0.25, 0.3) is 5.69 Å². The molecule has 2 aromatic heterocycles. The van der Waals surface area contributed by atoms with Crippen LogP contribution in [0.2, 0.25) is 0 Å². The Hall–Kier alpha value is -5.35. The summed E-state index contributed by atoms with van der Waals surface area (Å²) in [5.74, 6) is 0.742. The van der Waals surface area contributed by atoms with E-state index in [0.29, 0.717) is 28.7 Å². The number of nitrogens with one attached hydrogen (secondary N) is 4. The zero-order valence-electron chi connectivity index (χ0n) is 29.7. The molecule has 1 saturated heterocycles. The van der Waals surface area contributed by atoms with Gasteiger partial charge in [-0.15, -0.1) is 0 Å². The highest BCUT2D eigenvalue weighted by molar-refractivity contribution is 6.06. The van der Waals surface area contributed by atoms with Crippen molar-refractivity contribution < 1.29 is 9.59 Å². The Balaban J connectivity index is 1.28. The maximum atomic E-state index is 14.6. The van der Waals surface area contributed by atoms with Crippen molar-refractivity contribution in [2.45, 2.75) is 65.7 Å². The lowest BCUT2D eigenvalue weighted by Crippen LogP contribution is -2.34. The van der Waals surface area contributed by atoms with E-state index in [0.717, 1.165) is 59.8 Å². The van der Waals surface area contributed by atoms with E-state index in [-0.39, 0.29) is 17.1 Å². The first-order chi connectivity index (χ1) is 23.9. The molecule has 5 aromatic rings. The number of aryl methyl sites for hydroxylation is 3. The average Bonchev–Trinajstić information content (AvgIpc) is 3.50. The normalized spacial score (nSPS) is 14.2. The van der Waals surface area contributed by atoms with E-state index in [1.165, 1.54) is 0 Å². The minimum atomic E-state index is -0.415. The molecule has 3 heterocycles. The van der Waals surface area contributed by atoms with Crippen LogP contribution in [0.5, 0.6) is 0 Å². The molecule has 1 aliphatic rings. The Kier molecular flexibility index (Phi) is 10.1. The standard InChI is InChI=1S/C40H46N8O2/c1-25-14-16-31(17-15-25)48-35(24-34(47-48)40(4,5)6)46-39(50)44-30-11-9-10-29(23-30)36(28-18-20-41-21-19-28)37(49)32-12-7-8-13-33(32)45-38-42-26(2)22-27(3)43-38/h7-17,22-24,28,36,41H,18-21H2,1-6H3,(H,42,43,45)(H2,44,46,50). The number of anilines is 4. The monoisotopic (exact) mass is 670 g/mol. The van der Waals surface area contributed by atoms with Gasteiger partial charge in [-0.1, -0.05) is 62.7 Å². The van der Waals surface area contributed by atoms with Gasteiger partial charge in [0.05, 0.1) is 23.0 Å². The third-order valence-electron chi connectivity index (χ3n) is 9.06. The van der Waals surface area contributed by atoms with Crippen LogP contribution < -0.4 is 21.3 Å². The van der Waals surface area contributed by atoms with Gasteiger partial charge in [0, 0.05) is 34.1 Å². The third kappa shape index (κ3) is 8.09. The predicted octanol–water partition coefficient (Wildman–Crippen LogP) is 8.24. The molecule has 1 atom stereocenters. The number of rotatable bonds is 9. The zero-order chi connectivity index (χ0) is 35.4. The summed E-state index contributed by atoms with van der Waals surface area (Å²) >= 11 is 0. The van der Waals surface area contributed by atoms with Crippen molar-refractivity contribution in [3.63, 3.8) is 0 Å². The van der Waals surface area contributed by atoms with Crippen LogP contribution in [-0.2, 0) is 5.41 Å². The lowest BCUT2D eigenvalue weighted by atomic mass is 9.76. The average molecular weight is 671 g/mol. The topological polar surface area (TPSA) is 126 Å². The predicted molar refractivity (Wildman–Crippen MR) is 200 cm³/mol. The summed E-state index contributed by atoms with van der Waals surface area (Å²) in [5, 5.41) is 17.6. The van der Waals surface area contributed by atoms with Crippen LogP contribution in [0.3, 0.4) is 0 Å². The lowest BCUT2D eigenvalue weighted by Gasteiger charge is -2.31. The van der Waals surface area contributed by atoms with Gasteiger partial charge in [0.15, 0.2) is 5.78 Å². The van der Waals surface area contributed by atoms with Gasteiger partial charge in [-0.25, -0.2) is 19.4 Å². The SMILES string of the molecule is Cc1ccc(-n2nc(C(C)(C)C)cc2NC(=O)Nc2cccc(C(C(=O)c3ccccc3Nc3nc(C)cc(C)n3)C3CCNCC3)c2)cc1. The Morgan fingerprint density at radius 3 is 2.24 bits per heavy atom. The fourth-order valence-corrected chi connectivity index (χ4v) is 6.50. The molecule has 1 aliphatic heterocycles. The van der Waals surface area contributed by atoms with E-state index >= 15 is 0 Å². The summed E-state index contributed by atoms with van der Waals surface area (Å²) in [4.78, 5) is 37.2. The van der Waals surface area contributed by atoms with Gasteiger partial charge in [-0.05, 0) is 101 Å². The van der Waals surface area contributed by atoms with Gasteiger partial charge < -0.3 is 16.0 Å². The number of carbonyl (C=O) groups excluding carboxylic acids is 2. The highest BCUT2D eigenvalue weighted by Gasteiger charge is 2.33. The lowest BCUT2D eigenvalue weighted by molar-refractivity contribution is 0.0917. The maximum Gasteiger partial charge on any atom is 0.324 e. The first-order valence-electron chi connectivity index (χ1n) is 17.2. The number of Topliss-reactive ketones (excluding diaryl/α,β-unsaturated/α-hetero) is 1. The molecule has 6 rings (SSSR count). The largest absolute Gasteiger partial charge is 0.324 e. The molecule has 258 valence electrons. The summed E-state index contributed by atoms with van der Waals surface area (Å²) in [6.07, 6.45) is 1.73. The summed E-state index contributed by atoms with van der Waals surface area (Å²) in [6.45, 7) is 13.9. The second-order valence-corrected chi connectivity index (χ2v) is 14.2. The molecule has 0 spiro atoms. The number of piperidine rings is 1. The fraction of sp³-hybridized carbons (Fsp3) is 0.325. The van der Waals surface area contributed by atoms with Crippen molar-refractivity contribution >= 4 is 35.0 Å². The number of amides is 2. The molecule has 50 heavy (non-hydrogen) atoms. The van der Waals surface area contributed by atoms with Gasteiger partial charge in [0.2, 0.25) is 5.95 Å². The smallest absolute Gasteiger partial charge is 0.323 e. The third-order valence-corrected chi connectivity index (χ3v) is 9.06. The van der Waals surface area contributed by atoms with E-state index in [1.54, 1.807) is 4.68 Å². The molecule has 1 fully saturated rings. The zero-order valence-corrected chi connectivity index (χ0v) is 29.7. The molecule has 0 bridgehead atoms. The number of carbonyl (C=O) groups is 2. The molecule has 2 amide bonds. The number of hydrogen-bond acceptors (Lipinski definition) is 7. The molecule has 0 radical (unpaired) electrons. The van der Waals surface area contributed by atoms with E-state index in [9.17, 15) is 9.59 Å². The number of urea groups is 1. The Morgan fingerprint density at radius 2 is 1.54 bits per heavy atom. The summed E-state index contributed by atoms with van der Waals surface area (Å²) in [5.41, 5.74) is 7.02. The molecular formula is C40H46N8O2. The van der Waals surface area contributed by atoms with E-state index in [2.05, 4.69) is 52.0 Å². The van der Waals surface area contributed by atoms with Crippen LogP contribution in [0.15, 0.2) is 84.9 Å². The van der Waals surface area contributed by atoms with E-state index < -0.39 is 11.9 Å². The maximum absolute atomic E-state index is 14.6. The van der Waals surface area contributed by atoms with Crippen molar-refractivity contribution in [1.82, 2.24) is 25.1 Å². The van der Waals surface area contributed by atoms with Crippen molar-refractivity contribution in [1.29, 1.82) is 0 Å². The van der Waals surface area contributed by atoms with E-state index in [1.807, 2.05) is 106 Å². The highest BCUT2D eigenvalue weighted by Crippen LogP contribution is 2.37. The van der Waals surface area contributed by atoms with Crippen molar-refractivity contribution in [3.05, 3.63) is 119 Å². The Bertz CT molecular complexity index is 1970. The first kappa shape index (κ1) is 34.5. The van der Waals surface area contributed by atoms with Crippen molar-refractivity contribution in [2.75, 3.05) is 29.0 Å². The van der Waals surface area contributed by atoms with Gasteiger partial charge in [0.25, 0.3) is 0 Å². The summed E-state index contributed by atoms with van der Waals surface area (Å²) in [6, 6.07) is 26.6. The number of ketones is 1. The number of aromatic nitrogens is 4. The number of para-hydroxylation sites is 1. The van der Waals surface area contributed by atoms with Crippen LogP contribution in [0.1, 0.15) is 78.1 Å². The second-order valence-electron chi connectivity index (χ2n) is 14.2. The Labute approximate surface area is 294 Å². The minimum Gasteiger partial charge on any atom is -0.323 e. The number of benzene rings is 3. The van der Waals surface area contributed by atoms with Crippen molar-refractivity contribution in [2.24, 2.45) is 5.92 Å².